The minimum absolute atomic E-state index is 0.668. The quantitative estimate of drug-likeness (QED) is 0.729. The zero-order valence-corrected chi connectivity index (χ0v) is 15.8. The van der Waals surface area contributed by atoms with E-state index in [9.17, 15) is 0 Å². The minimum Gasteiger partial charge on any atom is -0.363 e. The maximum atomic E-state index is 4.69. The fraction of sp³-hybridized carbons (Fsp3) is 0.286. The molecular formula is C21H24N6. The molecule has 1 N–H and O–H groups in total. The SMILES string of the molecule is CN(C)c1ccc(CCNc2nccc(N3Cc4ccccc4C3)n2)cn1. The number of nitrogens with one attached hydrogen (secondary N) is 1. The van der Waals surface area contributed by atoms with E-state index in [1.54, 1.807) is 0 Å². The lowest BCUT2D eigenvalue weighted by Gasteiger charge is -2.17. The molecule has 6 nitrogen and oxygen atoms in total. The van der Waals surface area contributed by atoms with Crippen molar-refractivity contribution in [2.24, 2.45) is 0 Å². The van der Waals surface area contributed by atoms with Crippen LogP contribution in [0.5, 0.6) is 0 Å². The molecule has 3 aromatic rings. The van der Waals surface area contributed by atoms with Crippen molar-refractivity contribution >= 4 is 17.6 Å². The van der Waals surface area contributed by atoms with E-state index in [1.807, 2.05) is 43.5 Å². The molecule has 0 aliphatic carbocycles. The van der Waals surface area contributed by atoms with Crippen molar-refractivity contribution in [1.29, 1.82) is 0 Å². The van der Waals surface area contributed by atoms with Gasteiger partial charge in [-0.1, -0.05) is 30.3 Å². The molecule has 0 amide bonds. The topological polar surface area (TPSA) is 57.2 Å². The first-order valence-corrected chi connectivity index (χ1v) is 9.20. The van der Waals surface area contributed by atoms with Gasteiger partial charge in [0.25, 0.3) is 0 Å². The van der Waals surface area contributed by atoms with Crippen LogP contribution >= 0.6 is 0 Å². The Bertz CT molecular complexity index is 882. The maximum Gasteiger partial charge on any atom is 0.224 e. The second kappa shape index (κ2) is 7.61. The summed E-state index contributed by atoms with van der Waals surface area (Å²) < 4.78 is 0. The van der Waals surface area contributed by atoms with Gasteiger partial charge in [-0.2, -0.15) is 4.98 Å². The molecule has 4 rings (SSSR count). The molecule has 1 aliphatic heterocycles. The van der Waals surface area contributed by atoms with E-state index < -0.39 is 0 Å². The van der Waals surface area contributed by atoms with E-state index in [4.69, 9.17) is 0 Å². The highest BCUT2D eigenvalue weighted by molar-refractivity contribution is 5.49. The Morgan fingerprint density at radius 3 is 2.44 bits per heavy atom. The largest absolute Gasteiger partial charge is 0.363 e. The van der Waals surface area contributed by atoms with Crippen LogP contribution < -0.4 is 15.1 Å². The molecule has 0 fully saturated rings. The van der Waals surface area contributed by atoms with Gasteiger partial charge in [0.05, 0.1) is 0 Å². The third-order valence-corrected chi connectivity index (χ3v) is 4.77. The van der Waals surface area contributed by atoms with E-state index in [0.29, 0.717) is 5.95 Å². The summed E-state index contributed by atoms with van der Waals surface area (Å²) in [4.78, 5) is 17.8. The molecule has 0 saturated carbocycles. The molecule has 3 heterocycles. The molecule has 0 atom stereocenters. The Morgan fingerprint density at radius 1 is 1.00 bits per heavy atom. The van der Waals surface area contributed by atoms with Crippen molar-refractivity contribution < 1.29 is 0 Å². The standard InChI is InChI=1S/C21H24N6/c1-26(2)19-8-7-16(13-24-19)9-11-22-21-23-12-10-20(25-21)27-14-17-5-3-4-6-18(17)15-27/h3-8,10,12-13H,9,11,14-15H2,1-2H3,(H,22,23,25). The monoisotopic (exact) mass is 360 g/mol. The lowest BCUT2D eigenvalue weighted by molar-refractivity contribution is 0.849. The highest BCUT2D eigenvalue weighted by atomic mass is 15.2. The number of anilines is 3. The van der Waals surface area contributed by atoms with Crippen molar-refractivity contribution in [2.75, 3.05) is 35.8 Å². The highest BCUT2D eigenvalue weighted by Gasteiger charge is 2.19. The molecule has 27 heavy (non-hydrogen) atoms. The van der Waals surface area contributed by atoms with Crippen molar-refractivity contribution in [3.05, 3.63) is 71.5 Å². The Labute approximate surface area is 159 Å². The van der Waals surface area contributed by atoms with Crippen molar-refractivity contribution in [3.63, 3.8) is 0 Å². The van der Waals surface area contributed by atoms with Gasteiger partial charge in [-0.15, -0.1) is 0 Å². The fourth-order valence-electron chi connectivity index (χ4n) is 3.25. The zero-order valence-electron chi connectivity index (χ0n) is 15.8. The number of pyridine rings is 1. The summed E-state index contributed by atoms with van der Waals surface area (Å²) in [5.74, 6) is 2.59. The second-order valence-corrected chi connectivity index (χ2v) is 6.96. The number of rotatable bonds is 6. The van der Waals surface area contributed by atoms with E-state index in [2.05, 4.69) is 55.5 Å². The molecule has 0 saturated heterocycles. The summed E-state index contributed by atoms with van der Waals surface area (Å²) in [7, 11) is 3.99. The number of hydrogen-bond acceptors (Lipinski definition) is 6. The Kier molecular flexibility index (Phi) is 4.87. The van der Waals surface area contributed by atoms with Crippen LogP contribution in [0.1, 0.15) is 16.7 Å². The van der Waals surface area contributed by atoms with E-state index >= 15 is 0 Å². The molecule has 0 radical (unpaired) electrons. The second-order valence-electron chi connectivity index (χ2n) is 6.96. The smallest absolute Gasteiger partial charge is 0.224 e. The Balaban J connectivity index is 1.35. The van der Waals surface area contributed by atoms with Gasteiger partial charge in [0.2, 0.25) is 5.95 Å². The van der Waals surface area contributed by atoms with Gasteiger partial charge in [-0.3, -0.25) is 0 Å². The molecular weight excluding hydrogens is 336 g/mol. The van der Waals surface area contributed by atoms with Crippen molar-refractivity contribution in [3.8, 4) is 0 Å². The van der Waals surface area contributed by atoms with Crippen LogP contribution in [0.4, 0.5) is 17.6 Å². The maximum absolute atomic E-state index is 4.69. The summed E-state index contributed by atoms with van der Waals surface area (Å²) >= 11 is 0. The van der Waals surface area contributed by atoms with E-state index in [1.165, 1.54) is 16.7 Å². The Hall–Kier alpha value is -3.15. The number of aromatic nitrogens is 3. The zero-order chi connectivity index (χ0) is 18.6. The van der Waals surface area contributed by atoms with Gasteiger partial charge in [0.1, 0.15) is 11.6 Å². The van der Waals surface area contributed by atoms with Gasteiger partial charge >= 0.3 is 0 Å². The van der Waals surface area contributed by atoms with Crippen LogP contribution in [0.3, 0.4) is 0 Å². The van der Waals surface area contributed by atoms with Crippen LogP contribution in [0, 0.1) is 0 Å². The molecule has 2 aromatic heterocycles. The molecule has 1 aromatic carbocycles. The summed E-state index contributed by atoms with van der Waals surface area (Å²) in [6.45, 7) is 2.57. The first-order chi connectivity index (χ1) is 13.2. The number of nitrogens with zero attached hydrogens (tertiary/aromatic N) is 5. The van der Waals surface area contributed by atoms with Gasteiger partial charge < -0.3 is 15.1 Å². The molecule has 0 unspecified atom stereocenters. The summed E-state index contributed by atoms with van der Waals surface area (Å²) in [5, 5.41) is 3.33. The summed E-state index contributed by atoms with van der Waals surface area (Å²) in [5.41, 5.74) is 3.94. The van der Waals surface area contributed by atoms with Gasteiger partial charge in [-0.05, 0) is 35.2 Å². The van der Waals surface area contributed by atoms with Gasteiger partial charge in [-0.25, -0.2) is 9.97 Å². The lowest BCUT2D eigenvalue weighted by atomic mass is 10.1. The van der Waals surface area contributed by atoms with Crippen LogP contribution in [-0.4, -0.2) is 35.6 Å². The predicted molar refractivity (Wildman–Crippen MR) is 109 cm³/mol. The first-order valence-electron chi connectivity index (χ1n) is 9.20. The van der Waals surface area contributed by atoms with Crippen LogP contribution in [0.25, 0.3) is 0 Å². The molecule has 1 aliphatic rings. The first kappa shape index (κ1) is 17.3. The summed E-state index contributed by atoms with van der Waals surface area (Å²) in [6.07, 6.45) is 4.63. The van der Waals surface area contributed by atoms with Crippen LogP contribution in [-0.2, 0) is 19.5 Å². The average molecular weight is 360 g/mol. The van der Waals surface area contributed by atoms with Crippen molar-refractivity contribution in [2.45, 2.75) is 19.5 Å². The lowest BCUT2D eigenvalue weighted by Crippen LogP contribution is -2.17. The average Bonchev–Trinajstić information content (AvgIpc) is 3.13. The molecule has 138 valence electrons. The van der Waals surface area contributed by atoms with Gasteiger partial charge in [0.15, 0.2) is 0 Å². The normalized spacial score (nSPS) is 12.7. The number of fused-ring (bicyclic) bond motifs is 1. The summed E-state index contributed by atoms with van der Waals surface area (Å²) in [6, 6.07) is 14.7. The number of hydrogen-bond donors (Lipinski definition) is 1. The Morgan fingerprint density at radius 2 is 1.78 bits per heavy atom. The predicted octanol–water partition coefficient (Wildman–Crippen LogP) is 3.11. The molecule has 0 spiro atoms. The van der Waals surface area contributed by atoms with Gasteiger partial charge in [0, 0.05) is 46.1 Å². The highest BCUT2D eigenvalue weighted by Crippen LogP contribution is 2.26. The fourth-order valence-corrected chi connectivity index (χ4v) is 3.25. The molecule has 0 bridgehead atoms. The van der Waals surface area contributed by atoms with Crippen LogP contribution in [0.2, 0.25) is 0 Å². The molecule has 6 heteroatoms. The number of benzene rings is 1. The third-order valence-electron chi connectivity index (χ3n) is 4.77. The van der Waals surface area contributed by atoms with E-state index in [-0.39, 0.29) is 0 Å². The van der Waals surface area contributed by atoms with E-state index in [0.717, 1.165) is 37.7 Å². The third kappa shape index (κ3) is 4.00. The van der Waals surface area contributed by atoms with Crippen molar-refractivity contribution in [1.82, 2.24) is 15.0 Å². The minimum atomic E-state index is 0.668. The van der Waals surface area contributed by atoms with Crippen LogP contribution in [0.15, 0.2) is 54.9 Å².